The zero-order chi connectivity index (χ0) is 12.2. The van der Waals surface area contributed by atoms with Crippen LogP contribution in [-0.4, -0.2) is 36.6 Å². The Labute approximate surface area is 113 Å². The molecular weight excluding hydrogens is 220 g/mol. The Morgan fingerprint density at radius 3 is 2.67 bits per heavy atom. The monoisotopic (exact) mass is 250 g/mol. The van der Waals surface area contributed by atoms with Gasteiger partial charge in [0.05, 0.1) is 0 Å². The molecule has 0 amide bonds. The molecule has 2 heterocycles. The van der Waals surface area contributed by atoms with Crippen molar-refractivity contribution in [3.05, 3.63) is 0 Å². The third-order valence-electron chi connectivity index (χ3n) is 5.48. The van der Waals surface area contributed by atoms with Crippen molar-refractivity contribution in [2.45, 2.75) is 76.3 Å². The van der Waals surface area contributed by atoms with Gasteiger partial charge in [0.1, 0.15) is 0 Å². The summed E-state index contributed by atoms with van der Waals surface area (Å²) in [6.07, 6.45) is 14.6. The molecule has 0 radical (unpaired) electrons. The van der Waals surface area contributed by atoms with E-state index in [1.54, 1.807) is 0 Å². The van der Waals surface area contributed by atoms with Crippen molar-refractivity contribution in [2.75, 3.05) is 19.6 Å². The first-order valence-corrected chi connectivity index (χ1v) is 8.41. The Bertz CT molecular complexity index is 243. The molecule has 0 spiro atoms. The molecule has 3 fully saturated rings. The van der Waals surface area contributed by atoms with E-state index in [-0.39, 0.29) is 0 Å². The van der Waals surface area contributed by atoms with Crippen LogP contribution in [0.1, 0.15) is 64.2 Å². The topological polar surface area (TPSA) is 15.3 Å². The first kappa shape index (κ1) is 12.9. The van der Waals surface area contributed by atoms with E-state index in [4.69, 9.17) is 0 Å². The van der Waals surface area contributed by atoms with Crippen molar-refractivity contribution < 1.29 is 0 Å². The van der Waals surface area contributed by atoms with Crippen LogP contribution in [0.5, 0.6) is 0 Å². The molecule has 3 atom stereocenters. The van der Waals surface area contributed by atoms with E-state index in [1.165, 1.54) is 83.8 Å². The van der Waals surface area contributed by atoms with Crippen molar-refractivity contribution in [1.29, 1.82) is 0 Å². The van der Waals surface area contributed by atoms with Crippen LogP contribution < -0.4 is 5.32 Å². The summed E-state index contributed by atoms with van der Waals surface area (Å²) in [5.41, 5.74) is 0. The summed E-state index contributed by atoms with van der Waals surface area (Å²) >= 11 is 0. The highest BCUT2D eigenvalue weighted by molar-refractivity contribution is 4.89. The van der Waals surface area contributed by atoms with Gasteiger partial charge in [0.15, 0.2) is 0 Å². The lowest BCUT2D eigenvalue weighted by Crippen LogP contribution is -2.51. The zero-order valence-electron chi connectivity index (χ0n) is 11.9. The molecule has 0 bridgehead atoms. The van der Waals surface area contributed by atoms with E-state index >= 15 is 0 Å². The molecule has 2 aliphatic heterocycles. The molecular formula is C16H30N2. The fourth-order valence-electron chi connectivity index (χ4n) is 4.49. The highest BCUT2D eigenvalue weighted by Crippen LogP contribution is 2.35. The lowest BCUT2D eigenvalue weighted by atomic mass is 9.78. The van der Waals surface area contributed by atoms with Crippen LogP contribution in [0, 0.1) is 5.92 Å². The molecule has 2 saturated heterocycles. The van der Waals surface area contributed by atoms with Crippen molar-refractivity contribution >= 4 is 0 Å². The normalized spacial score (nSPS) is 39.0. The largest absolute Gasteiger partial charge is 0.313 e. The van der Waals surface area contributed by atoms with E-state index in [2.05, 4.69) is 10.2 Å². The fraction of sp³-hybridized carbons (Fsp3) is 1.00. The van der Waals surface area contributed by atoms with Gasteiger partial charge in [-0.15, -0.1) is 0 Å². The lowest BCUT2D eigenvalue weighted by Gasteiger charge is -2.45. The number of likely N-dealkylation sites (tertiary alicyclic amines) is 1. The molecule has 104 valence electrons. The van der Waals surface area contributed by atoms with Gasteiger partial charge < -0.3 is 5.32 Å². The van der Waals surface area contributed by atoms with E-state index in [1.807, 2.05) is 0 Å². The quantitative estimate of drug-likeness (QED) is 0.810. The summed E-state index contributed by atoms with van der Waals surface area (Å²) in [5.74, 6) is 1.04. The van der Waals surface area contributed by atoms with Crippen LogP contribution >= 0.6 is 0 Å². The van der Waals surface area contributed by atoms with Gasteiger partial charge in [-0.05, 0) is 57.5 Å². The first-order chi connectivity index (χ1) is 8.93. The van der Waals surface area contributed by atoms with E-state index in [9.17, 15) is 0 Å². The molecule has 2 heteroatoms. The van der Waals surface area contributed by atoms with Gasteiger partial charge in [-0.25, -0.2) is 0 Å². The summed E-state index contributed by atoms with van der Waals surface area (Å²) in [4.78, 5) is 2.86. The van der Waals surface area contributed by atoms with Gasteiger partial charge >= 0.3 is 0 Å². The summed E-state index contributed by atoms with van der Waals surface area (Å²) < 4.78 is 0. The predicted octanol–water partition coefficient (Wildman–Crippen LogP) is 3.17. The lowest BCUT2D eigenvalue weighted by molar-refractivity contribution is 0.0526. The number of hydrogen-bond donors (Lipinski definition) is 1. The standard InChI is InChI=1S/C16H30N2/c1-2-9-15(17-11-5-1)13-18-12-6-8-14-7-3-4-10-16(14)18/h14-17H,1-13H2/t14-,15?,16-/m1/s1. The molecule has 18 heavy (non-hydrogen) atoms. The maximum atomic E-state index is 3.78. The molecule has 1 unspecified atom stereocenters. The minimum Gasteiger partial charge on any atom is -0.313 e. The molecule has 3 rings (SSSR count). The van der Waals surface area contributed by atoms with E-state index in [0.717, 1.165) is 18.0 Å². The number of fused-ring (bicyclic) bond motifs is 1. The Kier molecular flexibility index (Phi) is 4.58. The second kappa shape index (κ2) is 6.38. The number of nitrogens with zero attached hydrogens (tertiary/aromatic N) is 1. The smallest absolute Gasteiger partial charge is 0.0195 e. The fourth-order valence-corrected chi connectivity index (χ4v) is 4.49. The van der Waals surface area contributed by atoms with Crippen LogP contribution in [0.2, 0.25) is 0 Å². The van der Waals surface area contributed by atoms with E-state index in [0.29, 0.717) is 0 Å². The Morgan fingerprint density at radius 2 is 1.67 bits per heavy atom. The Hall–Kier alpha value is -0.0800. The first-order valence-electron chi connectivity index (χ1n) is 8.41. The molecule has 1 aliphatic carbocycles. The molecule has 0 aromatic heterocycles. The number of piperidine rings is 1. The third kappa shape index (κ3) is 3.08. The van der Waals surface area contributed by atoms with Crippen LogP contribution in [0.15, 0.2) is 0 Å². The van der Waals surface area contributed by atoms with Gasteiger partial charge in [0, 0.05) is 18.6 Å². The maximum Gasteiger partial charge on any atom is 0.0195 e. The minimum atomic E-state index is 0.785. The number of hydrogen-bond acceptors (Lipinski definition) is 2. The second-order valence-corrected chi connectivity index (χ2v) is 6.75. The minimum absolute atomic E-state index is 0.785. The van der Waals surface area contributed by atoms with Gasteiger partial charge in [-0.3, -0.25) is 4.90 Å². The molecule has 1 saturated carbocycles. The number of rotatable bonds is 2. The van der Waals surface area contributed by atoms with Gasteiger partial charge in [0.25, 0.3) is 0 Å². The average Bonchev–Trinajstić information content (AvgIpc) is 2.68. The molecule has 3 aliphatic rings. The van der Waals surface area contributed by atoms with Gasteiger partial charge in [-0.1, -0.05) is 25.7 Å². The molecule has 2 nitrogen and oxygen atoms in total. The van der Waals surface area contributed by atoms with Gasteiger partial charge in [-0.2, -0.15) is 0 Å². The van der Waals surface area contributed by atoms with Crippen molar-refractivity contribution in [2.24, 2.45) is 5.92 Å². The summed E-state index contributed by atoms with van der Waals surface area (Å²) in [6, 6.07) is 1.73. The van der Waals surface area contributed by atoms with E-state index < -0.39 is 0 Å². The summed E-state index contributed by atoms with van der Waals surface area (Å²) in [5, 5.41) is 3.78. The highest BCUT2D eigenvalue weighted by Gasteiger charge is 2.33. The summed E-state index contributed by atoms with van der Waals surface area (Å²) in [6.45, 7) is 3.97. The Balaban J connectivity index is 1.56. The summed E-state index contributed by atoms with van der Waals surface area (Å²) in [7, 11) is 0. The molecule has 0 aromatic carbocycles. The van der Waals surface area contributed by atoms with Crippen LogP contribution in [0.4, 0.5) is 0 Å². The van der Waals surface area contributed by atoms with Crippen LogP contribution in [0.3, 0.4) is 0 Å². The molecule has 1 N–H and O–H groups in total. The third-order valence-corrected chi connectivity index (χ3v) is 5.48. The second-order valence-electron chi connectivity index (χ2n) is 6.75. The average molecular weight is 250 g/mol. The highest BCUT2D eigenvalue weighted by atomic mass is 15.2. The predicted molar refractivity (Wildman–Crippen MR) is 76.8 cm³/mol. The van der Waals surface area contributed by atoms with Gasteiger partial charge in [0.2, 0.25) is 0 Å². The molecule has 0 aromatic rings. The van der Waals surface area contributed by atoms with Crippen molar-refractivity contribution in [3.63, 3.8) is 0 Å². The van der Waals surface area contributed by atoms with Crippen molar-refractivity contribution in [3.8, 4) is 0 Å². The van der Waals surface area contributed by atoms with Crippen LogP contribution in [0.25, 0.3) is 0 Å². The Morgan fingerprint density at radius 1 is 0.833 bits per heavy atom. The van der Waals surface area contributed by atoms with Crippen LogP contribution in [-0.2, 0) is 0 Å². The van der Waals surface area contributed by atoms with Crippen molar-refractivity contribution in [1.82, 2.24) is 10.2 Å². The maximum absolute atomic E-state index is 3.78. The SMILES string of the molecule is C1CCNC(CN2CCC[C@H]3CCCC[C@H]32)CC1. The number of nitrogens with one attached hydrogen (secondary N) is 1. The zero-order valence-corrected chi connectivity index (χ0v) is 11.9.